The van der Waals surface area contributed by atoms with Crippen LogP contribution in [0.3, 0.4) is 0 Å². The Labute approximate surface area is 134 Å². The van der Waals surface area contributed by atoms with Crippen molar-refractivity contribution in [3.8, 4) is 5.75 Å². The van der Waals surface area contributed by atoms with Crippen LogP contribution >= 0.6 is 0 Å². The number of nitrogens with one attached hydrogen (secondary N) is 1. The average Bonchev–Trinajstić information content (AvgIpc) is 3.30. The van der Waals surface area contributed by atoms with Crippen LogP contribution < -0.4 is 10.1 Å². The smallest absolute Gasteiger partial charge is 0.292 e. The number of hydrogen-bond donors (Lipinski definition) is 1. The number of nitro groups is 1. The molecule has 2 aliphatic rings. The highest BCUT2D eigenvalue weighted by atomic mass is 16.6. The minimum atomic E-state index is -0.403. The Balaban J connectivity index is 1.60. The van der Waals surface area contributed by atoms with Crippen molar-refractivity contribution in [3.05, 3.63) is 28.3 Å². The zero-order chi connectivity index (χ0) is 16.4. The van der Waals surface area contributed by atoms with Crippen molar-refractivity contribution in [1.29, 1.82) is 0 Å². The highest BCUT2D eigenvalue weighted by Gasteiger charge is 2.36. The summed E-state index contributed by atoms with van der Waals surface area (Å²) in [6.07, 6.45) is 2.98. The maximum atomic E-state index is 12.1. The third-order valence-electron chi connectivity index (χ3n) is 4.51. The van der Waals surface area contributed by atoms with Crippen LogP contribution in [-0.2, 0) is 4.79 Å². The van der Waals surface area contributed by atoms with Crippen LogP contribution in [0, 0.1) is 22.0 Å². The zero-order valence-electron chi connectivity index (χ0n) is 13.2. The average molecular weight is 319 g/mol. The molecule has 1 aliphatic heterocycles. The van der Waals surface area contributed by atoms with E-state index in [1.165, 1.54) is 13.2 Å². The van der Waals surface area contributed by atoms with E-state index < -0.39 is 4.92 Å². The molecule has 0 bridgehead atoms. The highest BCUT2D eigenvalue weighted by Crippen LogP contribution is 2.33. The molecular formula is C16H21N3O4. The van der Waals surface area contributed by atoms with Gasteiger partial charge in [0, 0.05) is 37.7 Å². The molecular weight excluding hydrogens is 298 g/mol. The van der Waals surface area contributed by atoms with Crippen LogP contribution in [0.2, 0.25) is 0 Å². The minimum Gasteiger partial charge on any atom is -0.497 e. The topological polar surface area (TPSA) is 84.7 Å². The van der Waals surface area contributed by atoms with Gasteiger partial charge in [-0.05, 0) is 31.2 Å². The summed E-state index contributed by atoms with van der Waals surface area (Å²) in [5, 5.41) is 14.3. The summed E-state index contributed by atoms with van der Waals surface area (Å²) >= 11 is 0. The summed E-state index contributed by atoms with van der Waals surface area (Å²) in [5.41, 5.74) is 0.496. The largest absolute Gasteiger partial charge is 0.497 e. The Bertz CT molecular complexity index is 615. The van der Waals surface area contributed by atoms with Gasteiger partial charge in [0.25, 0.3) is 5.69 Å². The van der Waals surface area contributed by atoms with E-state index >= 15 is 0 Å². The van der Waals surface area contributed by atoms with Gasteiger partial charge in [-0.3, -0.25) is 14.9 Å². The van der Waals surface area contributed by atoms with Crippen LogP contribution in [-0.4, -0.2) is 42.5 Å². The summed E-state index contributed by atoms with van der Waals surface area (Å²) in [4.78, 5) is 24.7. The number of methoxy groups -OCH3 is 1. The second-order valence-corrected chi connectivity index (χ2v) is 6.23. The lowest BCUT2D eigenvalue weighted by molar-refractivity contribution is -0.384. The monoisotopic (exact) mass is 319 g/mol. The van der Waals surface area contributed by atoms with Gasteiger partial charge >= 0.3 is 0 Å². The molecule has 0 radical (unpaired) electrons. The van der Waals surface area contributed by atoms with Gasteiger partial charge in [0.1, 0.15) is 11.4 Å². The Hall–Kier alpha value is -2.31. The number of anilines is 1. The Morgan fingerprint density at radius 2 is 2.22 bits per heavy atom. The third-order valence-corrected chi connectivity index (χ3v) is 4.51. The minimum absolute atomic E-state index is 0.0368. The first-order valence-electron chi connectivity index (χ1n) is 7.93. The van der Waals surface area contributed by atoms with Gasteiger partial charge in [-0.25, -0.2) is 0 Å². The van der Waals surface area contributed by atoms with E-state index in [0.29, 0.717) is 23.9 Å². The number of nitrogens with zero attached hydrogens (tertiary/aromatic N) is 2. The molecule has 1 amide bonds. The lowest BCUT2D eigenvalue weighted by Gasteiger charge is -2.17. The maximum Gasteiger partial charge on any atom is 0.292 e. The van der Waals surface area contributed by atoms with Gasteiger partial charge in [0.15, 0.2) is 0 Å². The number of carbonyl (C=O) groups is 1. The van der Waals surface area contributed by atoms with Crippen molar-refractivity contribution in [1.82, 2.24) is 4.90 Å². The maximum absolute atomic E-state index is 12.1. The van der Waals surface area contributed by atoms with E-state index in [1.807, 2.05) is 4.90 Å². The van der Waals surface area contributed by atoms with Crippen LogP contribution in [0.1, 0.15) is 19.3 Å². The number of hydrogen-bond acceptors (Lipinski definition) is 5. The molecule has 0 spiro atoms. The van der Waals surface area contributed by atoms with Gasteiger partial charge in [-0.2, -0.15) is 0 Å². The van der Waals surface area contributed by atoms with Crippen molar-refractivity contribution >= 4 is 17.3 Å². The fourth-order valence-electron chi connectivity index (χ4n) is 2.99. The predicted molar refractivity (Wildman–Crippen MR) is 85.5 cm³/mol. The molecule has 1 aromatic rings. The molecule has 7 heteroatoms. The second-order valence-electron chi connectivity index (χ2n) is 6.23. The van der Waals surface area contributed by atoms with E-state index in [2.05, 4.69) is 5.32 Å². The first kappa shape index (κ1) is 15.6. The van der Waals surface area contributed by atoms with E-state index in [1.54, 1.807) is 12.1 Å². The lowest BCUT2D eigenvalue weighted by atomic mass is 10.1. The van der Waals surface area contributed by atoms with Crippen molar-refractivity contribution < 1.29 is 14.5 Å². The van der Waals surface area contributed by atoms with E-state index in [-0.39, 0.29) is 17.5 Å². The van der Waals surface area contributed by atoms with Crippen molar-refractivity contribution in [2.45, 2.75) is 19.3 Å². The van der Waals surface area contributed by atoms with Crippen LogP contribution in [0.5, 0.6) is 5.75 Å². The van der Waals surface area contributed by atoms with Crippen molar-refractivity contribution in [2.24, 2.45) is 11.8 Å². The van der Waals surface area contributed by atoms with Gasteiger partial charge in [-0.15, -0.1) is 0 Å². The quantitative estimate of drug-likeness (QED) is 0.642. The van der Waals surface area contributed by atoms with E-state index in [4.69, 9.17) is 4.74 Å². The normalized spacial score (nSPS) is 20.4. The third kappa shape index (κ3) is 3.55. The number of ether oxygens (including phenoxy) is 1. The fraction of sp³-hybridized carbons (Fsp3) is 0.562. The zero-order valence-corrected chi connectivity index (χ0v) is 13.2. The summed E-state index contributed by atoms with van der Waals surface area (Å²) in [6.45, 7) is 2.14. The molecule has 1 atom stereocenters. The molecule has 1 aliphatic carbocycles. The first-order valence-corrected chi connectivity index (χ1v) is 7.93. The molecule has 1 unspecified atom stereocenters. The van der Waals surface area contributed by atoms with Gasteiger partial charge in [0.2, 0.25) is 5.91 Å². The number of carbonyl (C=O) groups excluding carboxylic acids is 1. The van der Waals surface area contributed by atoms with Gasteiger partial charge < -0.3 is 15.0 Å². The second kappa shape index (κ2) is 6.44. The molecule has 0 aromatic heterocycles. The summed E-state index contributed by atoms with van der Waals surface area (Å²) in [5.74, 6) is 1.43. The molecule has 124 valence electrons. The van der Waals surface area contributed by atoms with Gasteiger partial charge in [-0.1, -0.05) is 0 Å². The number of benzene rings is 1. The predicted octanol–water partition coefficient (Wildman–Crippen LogP) is 2.27. The summed E-state index contributed by atoms with van der Waals surface area (Å²) in [6, 6.07) is 4.66. The molecule has 1 saturated heterocycles. The summed E-state index contributed by atoms with van der Waals surface area (Å²) in [7, 11) is 1.53. The fourth-order valence-corrected chi connectivity index (χ4v) is 2.99. The Kier molecular flexibility index (Phi) is 4.36. The molecule has 1 heterocycles. The number of nitro benzene ring substituents is 1. The van der Waals surface area contributed by atoms with Crippen molar-refractivity contribution in [2.75, 3.05) is 32.1 Å². The number of rotatable bonds is 6. The van der Waals surface area contributed by atoms with Crippen LogP contribution in [0.15, 0.2) is 18.2 Å². The van der Waals surface area contributed by atoms with E-state index in [9.17, 15) is 14.9 Å². The molecule has 3 rings (SSSR count). The Morgan fingerprint density at radius 1 is 1.43 bits per heavy atom. The first-order chi connectivity index (χ1) is 11.1. The molecule has 1 saturated carbocycles. The van der Waals surface area contributed by atoms with Crippen LogP contribution in [0.25, 0.3) is 0 Å². The molecule has 23 heavy (non-hydrogen) atoms. The van der Waals surface area contributed by atoms with Crippen LogP contribution in [0.4, 0.5) is 11.4 Å². The van der Waals surface area contributed by atoms with Crippen molar-refractivity contribution in [3.63, 3.8) is 0 Å². The molecule has 1 aromatic carbocycles. The number of likely N-dealkylation sites (tertiary alicyclic amines) is 1. The number of amides is 1. The molecule has 1 N–H and O–H groups in total. The molecule has 2 fully saturated rings. The summed E-state index contributed by atoms with van der Waals surface area (Å²) < 4.78 is 5.13. The van der Waals surface area contributed by atoms with Gasteiger partial charge in [0.05, 0.1) is 12.0 Å². The lowest BCUT2D eigenvalue weighted by Crippen LogP contribution is -2.30. The highest BCUT2D eigenvalue weighted by molar-refractivity contribution is 5.81. The standard InChI is InChI=1S/C16H21N3O4/c1-23-13-4-5-15(19(21)22)14(8-13)17-9-11-6-7-18(10-11)16(20)12-2-3-12/h4-5,8,11-12,17H,2-3,6-7,9-10H2,1H3. The molecule has 7 nitrogen and oxygen atoms in total. The SMILES string of the molecule is COc1ccc([N+](=O)[O-])c(NCC2CCN(C(=O)C3CC3)C2)c1. The Morgan fingerprint density at radius 3 is 2.87 bits per heavy atom. The van der Waals surface area contributed by atoms with E-state index in [0.717, 1.165) is 32.4 Å².